The first-order valence-electron chi connectivity index (χ1n) is 5.60. The van der Waals surface area contributed by atoms with E-state index in [9.17, 15) is 4.39 Å². The van der Waals surface area contributed by atoms with Crippen LogP contribution in [0.5, 0.6) is 0 Å². The highest BCUT2D eigenvalue weighted by atomic mass is 35.5. The highest BCUT2D eigenvalue weighted by Gasteiger charge is 2.25. The fourth-order valence-electron chi connectivity index (χ4n) is 1.86. The number of anilines is 1. The number of nitrogens with two attached hydrogens (primary N) is 1. The Bertz CT molecular complexity index is 584. The minimum absolute atomic E-state index is 0.155. The SMILES string of the molecule is CC(C)(C)c1[nH]nc(N)c1-c1ccc(F)cc1Cl. The van der Waals surface area contributed by atoms with E-state index >= 15 is 0 Å². The van der Waals surface area contributed by atoms with Gasteiger partial charge < -0.3 is 5.73 Å². The molecule has 0 saturated heterocycles. The average Bonchev–Trinajstić information content (AvgIpc) is 2.60. The van der Waals surface area contributed by atoms with Gasteiger partial charge in [-0.2, -0.15) is 5.10 Å². The van der Waals surface area contributed by atoms with Crippen LogP contribution in [-0.4, -0.2) is 10.2 Å². The van der Waals surface area contributed by atoms with Crippen molar-refractivity contribution in [3.8, 4) is 11.1 Å². The maximum atomic E-state index is 13.1. The first-order chi connectivity index (χ1) is 8.30. The molecule has 2 rings (SSSR count). The Morgan fingerprint density at radius 2 is 2.00 bits per heavy atom. The van der Waals surface area contributed by atoms with E-state index in [2.05, 4.69) is 10.2 Å². The minimum atomic E-state index is -0.372. The Morgan fingerprint density at radius 3 is 2.56 bits per heavy atom. The molecule has 0 aliphatic heterocycles. The molecule has 5 heteroatoms. The lowest BCUT2D eigenvalue weighted by Crippen LogP contribution is -2.13. The second-order valence-corrected chi connectivity index (χ2v) is 5.64. The molecule has 0 unspecified atom stereocenters. The molecule has 0 radical (unpaired) electrons. The van der Waals surface area contributed by atoms with E-state index < -0.39 is 0 Å². The lowest BCUT2D eigenvalue weighted by Gasteiger charge is -2.19. The summed E-state index contributed by atoms with van der Waals surface area (Å²) < 4.78 is 13.1. The smallest absolute Gasteiger partial charge is 0.153 e. The molecule has 0 spiro atoms. The van der Waals surface area contributed by atoms with Crippen molar-refractivity contribution in [2.45, 2.75) is 26.2 Å². The zero-order valence-electron chi connectivity index (χ0n) is 10.5. The van der Waals surface area contributed by atoms with Gasteiger partial charge in [-0.1, -0.05) is 32.4 Å². The highest BCUT2D eigenvalue weighted by Crippen LogP contribution is 2.38. The monoisotopic (exact) mass is 267 g/mol. The van der Waals surface area contributed by atoms with E-state index in [1.54, 1.807) is 6.07 Å². The number of aromatic amines is 1. The summed E-state index contributed by atoms with van der Waals surface area (Å²) in [6.45, 7) is 6.13. The van der Waals surface area contributed by atoms with E-state index in [4.69, 9.17) is 17.3 Å². The van der Waals surface area contributed by atoms with E-state index in [0.717, 1.165) is 11.3 Å². The van der Waals surface area contributed by atoms with Crippen molar-refractivity contribution in [1.82, 2.24) is 10.2 Å². The second kappa shape index (κ2) is 4.28. The third-order valence-electron chi connectivity index (χ3n) is 2.74. The Labute approximate surface area is 110 Å². The van der Waals surface area contributed by atoms with Crippen LogP contribution in [0.15, 0.2) is 18.2 Å². The topological polar surface area (TPSA) is 54.7 Å². The van der Waals surface area contributed by atoms with Gasteiger partial charge in [0.2, 0.25) is 0 Å². The van der Waals surface area contributed by atoms with Crippen LogP contribution in [0, 0.1) is 5.82 Å². The van der Waals surface area contributed by atoms with E-state index in [-0.39, 0.29) is 11.2 Å². The molecule has 0 fully saturated rings. The van der Waals surface area contributed by atoms with Gasteiger partial charge in [0.1, 0.15) is 5.82 Å². The summed E-state index contributed by atoms with van der Waals surface area (Å²) in [5.74, 6) is -0.00319. The summed E-state index contributed by atoms with van der Waals surface area (Å²) in [7, 11) is 0. The third kappa shape index (κ3) is 2.20. The van der Waals surface area contributed by atoms with Crippen LogP contribution in [0.2, 0.25) is 5.02 Å². The zero-order valence-corrected chi connectivity index (χ0v) is 11.3. The van der Waals surface area contributed by atoms with Crippen LogP contribution >= 0.6 is 11.6 Å². The van der Waals surface area contributed by atoms with Gasteiger partial charge in [0.15, 0.2) is 5.82 Å². The summed E-state index contributed by atoms with van der Waals surface area (Å²) in [4.78, 5) is 0. The number of H-pyrrole nitrogens is 1. The second-order valence-electron chi connectivity index (χ2n) is 5.23. The van der Waals surface area contributed by atoms with E-state index in [0.29, 0.717) is 16.4 Å². The molecule has 1 aromatic heterocycles. The van der Waals surface area contributed by atoms with Gasteiger partial charge in [0.05, 0.1) is 10.7 Å². The number of nitrogens with zero attached hydrogens (tertiary/aromatic N) is 1. The highest BCUT2D eigenvalue weighted by molar-refractivity contribution is 6.33. The fourth-order valence-corrected chi connectivity index (χ4v) is 2.13. The van der Waals surface area contributed by atoms with Crippen LogP contribution in [0.3, 0.4) is 0 Å². The van der Waals surface area contributed by atoms with Crippen molar-refractivity contribution >= 4 is 17.4 Å². The number of hydrogen-bond donors (Lipinski definition) is 2. The average molecular weight is 268 g/mol. The lowest BCUT2D eigenvalue weighted by molar-refractivity contribution is 0.568. The minimum Gasteiger partial charge on any atom is -0.382 e. The normalized spacial score (nSPS) is 11.8. The van der Waals surface area contributed by atoms with Crippen molar-refractivity contribution in [2.75, 3.05) is 5.73 Å². The molecular weight excluding hydrogens is 253 g/mol. The molecule has 3 N–H and O–H groups in total. The van der Waals surface area contributed by atoms with Crippen molar-refractivity contribution in [3.63, 3.8) is 0 Å². The van der Waals surface area contributed by atoms with Gasteiger partial charge in [0, 0.05) is 16.5 Å². The quantitative estimate of drug-likeness (QED) is 0.827. The van der Waals surface area contributed by atoms with Crippen LogP contribution in [0.1, 0.15) is 26.5 Å². The number of rotatable bonds is 1. The third-order valence-corrected chi connectivity index (χ3v) is 3.06. The molecule has 0 saturated carbocycles. The Morgan fingerprint density at radius 1 is 1.33 bits per heavy atom. The number of hydrogen-bond acceptors (Lipinski definition) is 2. The summed E-state index contributed by atoms with van der Waals surface area (Å²) in [5.41, 5.74) is 8.04. The molecule has 1 heterocycles. The number of aromatic nitrogens is 2. The van der Waals surface area contributed by atoms with Gasteiger partial charge in [-0.15, -0.1) is 0 Å². The molecule has 0 aliphatic rings. The summed E-state index contributed by atoms with van der Waals surface area (Å²) in [5, 5.41) is 7.28. The molecule has 18 heavy (non-hydrogen) atoms. The molecule has 0 aliphatic carbocycles. The molecule has 2 aromatic rings. The maximum Gasteiger partial charge on any atom is 0.153 e. The van der Waals surface area contributed by atoms with Crippen LogP contribution in [-0.2, 0) is 5.41 Å². The van der Waals surface area contributed by atoms with E-state index in [1.165, 1.54) is 12.1 Å². The maximum absolute atomic E-state index is 13.1. The van der Waals surface area contributed by atoms with Crippen LogP contribution in [0.25, 0.3) is 11.1 Å². The lowest BCUT2D eigenvalue weighted by atomic mass is 9.87. The van der Waals surface area contributed by atoms with Gasteiger partial charge in [-0.25, -0.2) is 4.39 Å². The Balaban J connectivity index is 2.67. The molecule has 0 bridgehead atoms. The number of halogens is 2. The Kier molecular flexibility index (Phi) is 3.07. The van der Waals surface area contributed by atoms with Gasteiger partial charge in [-0.3, -0.25) is 5.10 Å². The fraction of sp³-hybridized carbons (Fsp3) is 0.308. The predicted molar refractivity (Wildman–Crippen MR) is 72.1 cm³/mol. The molecule has 0 amide bonds. The van der Waals surface area contributed by atoms with Crippen LogP contribution < -0.4 is 5.73 Å². The number of nitrogen functional groups attached to an aromatic ring is 1. The van der Waals surface area contributed by atoms with Gasteiger partial charge in [0.25, 0.3) is 0 Å². The molecule has 0 atom stereocenters. The number of nitrogens with one attached hydrogen (secondary N) is 1. The Hall–Kier alpha value is -1.55. The van der Waals surface area contributed by atoms with Gasteiger partial charge >= 0.3 is 0 Å². The molecular formula is C13H15ClFN3. The predicted octanol–water partition coefficient (Wildman–Crippen LogP) is 3.75. The van der Waals surface area contributed by atoms with Crippen molar-refractivity contribution < 1.29 is 4.39 Å². The zero-order chi connectivity index (χ0) is 13.5. The first-order valence-corrected chi connectivity index (χ1v) is 5.98. The largest absolute Gasteiger partial charge is 0.382 e. The standard InChI is InChI=1S/C13H15ClFN3/c1-13(2,3)11-10(12(16)18-17-11)8-5-4-7(15)6-9(8)14/h4-6H,1-3H3,(H3,16,17,18). The van der Waals surface area contributed by atoms with Crippen molar-refractivity contribution in [2.24, 2.45) is 0 Å². The summed E-state index contributed by atoms with van der Waals surface area (Å²) in [6, 6.07) is 4.25. The number of benzene rings is 1. The molecule has 96 valence electrons. The van der Waals surface area contributed by atoms with Crippen LogP contribution in [0.4, 0.5) is 10.2 Å². The van der Waals surface area contributed by atoms with Crippen molar-refractivity contribution in [1.29, 1.82) is 0 Å². The van der Waals surface area contributed by atoms with E-state index in [1.807, 2.05) is 20.8 Å². The molecule has 1 aromatic carbocycles. The first kappa shape index (κ1) is 12.9. The summed E-state index contributed by atoms with van der Waals surface area (Å²) >= 11 is 6.08. The summed E-state index contributed by atoms with van der Waals surface area (Å²) in [6.07, 6.45) is 0. The van der Waals surface area contributed by atoms with Gasteiger partial charge in [-0.05, 0) is 18.2 Å². The molecule has 3 nitrogen and oxygen atoms in total. The van der Waals surface area contributed by atoms with Crippen molar-refractivity contribution in [3.05, 3.63) is 34.7 Å².